The molecule has 1 heterocycles. The Morgan fingerprint density at radius 2 is 1.95 bits per heavy atom. The summed E-state index contributed by atoms with van der Waals surface area (Å²) in [6.45, 7) is 0. The summed E-state index contributed by atoms with van der Waals surface area (Å²) in [5.41, 5.74) is 5.88. The van der Waals surface area contributed by atoms with Crippen molar-refractivity contribution in [1.29, 1.82) is 0 Å². The van der Waals surface area contributed by atoms with Gasteiger partial charge >= 0.3 is 0 Å². The summed E-state index contributed by atoms with van der Waals surface area (Å²) >= 11 is 16.6. The number of anilines is 1. The summed E-state index contributed by atoms with van der Waals surface area (Å²) in [4.78, 5) is 3.77. The Morgan fingerprint density at radius 3 is 2.57 bits per heavy atom. The van der Waals surface area contributed by atoms with Crippen LogP contribution in [0.5, 0.6) is 0 Å². The minimum atomic E-state index is -3.97. The number of halogens is 2. The summed E-state index contributed by atoms with van der Waals surface area (Å²) in [7, 11) is -3.97. The lowest BCUT2D eigenvalue weighted by Crippen LogP contribution is -2.16. The summed E-state index contributed by atoms with van der Waals surface area (Å²) in [5.74, 6) is 0.0101. The topological polar surface area (TPSA) is 85.1 Å². The lowest BCUT2D eigenvalue weighted by Gasteiger charge is -2.11. The molecule has 1 aromatic carbocycles. The van der Waals surface area contributed by atoms with Crippen LogP contribution in [0, 0.1) is 0 Å². The normalized spacial score (nSPS) is 11.1. The van der Waals surface area contributed by atoms with Gasteiger partial charge in [-0.2, -0.15) is 0 Å². The Bertz CT molecular complexity index is 810. The van der Waals surface area contributed by atoms with E-state index < -0.39 is 10.0 Å². The second-order valence-corrected chi connectivity index (χ2v) is 6.85. The molecule has 0 amide bonds. The van der Waals surface area contributed by atoms with Crippen LogP contribution in [0.1, 0.15) is 5.56 Å². The van der Waals surface area contributed by atoms with Gasteiger partial charge in [-0.05, 0) is 24.3 Å². The molecule has 1 aromatic heterocycles. The van der Waals surface area contributed by atoms with Crippen molar-refractivity contribution in [1.82, 2.24) is 4.98 Å². The first kappa shape index (κ1) is 16.0. The van der Waals surface area contributed by atoms with Crippen molar-refractivity contribution in [3.05, 3.63) is 52.1 Å². The number of hydrogen-bond donors (Lipinski definition) is 2. The molecule has 0 spiro atoms. The zero-order valence-corrected chi connectivity index (χ0v) is 13.5. The van der Waals surface area contributed by atoms with Crippen molar-refractivity contribution in [3.63, 3.8) is 0 Å². The molecule has 0 saturated carbocycles. The van der Waals surface area contributed by atoms with E-state index in [1.54, 1.807) is 6.07 Å². The van der Waals surface area contributed by atoms with Crippen molar-refractivity contribution < 1.29 is 8.42 Å². The Labute approximate surface area is 137 Å². The second-order valence-electron chi connectivity index (χ2n) is 3.95. The van der Waals surface area contributed by atoms with E-state index in [0.717, 1.165) is 0 Å². The number of nitrogens with one attached hydrogen (secondary N) is 1. The molecule has 0 aliphatic rings. The van der Waals surface area contributed by atoms with Crippen LogP contribution in [0.25, 0.3) is 0 Å². The Kier molecular flexibility index (Phi) is 4.67. The van der Waals surface area contributed by atoms with Gasteiger partial charge in [0.15, 0.2) is 5.82 Å². The molecule has 21 heavy (non-hydrogen) atoms. The smallest absolute Gasteiger partial charge is 0.264 e. The van der Waals surface area contributed by atoms with Gasteiger partial charge < -0.3 is 5.73 Å². The molecule has 2 rings (SSSR count). The van der Waals surface area contributed by atoms with Crippen molar-refractivity contribution in [2.75, 3.05) is 4.72 Å². The fraction of sp³-hybridized carbons (Fsp3) is 0. The maximum Gasteiger partial charge on any atom is 0.264 e. The molecule has 110 valence electrons. The zero-order valence-electron chi connectivity index (χ0n) is 10.4. The van der Waals surface area contributed by atoms with Gasteiger partial charge in [0.25, 0.3) is 10.0 Å². The lowest BCUT2D eigenvalue weighted by atomic mass is 10.2. The van der Waals surface area contributed by atoms with Crippen LogP contribution < -0.4 is 10.5 Å². The van der Waals surface area contributed by atoms with E-state index in [0.29, 0.717) is 5.56 Å². The predicted molar refractivity (Wildman–Crippen MR) is 87.4 cm³/mol. The van der Waals surface area contributed by atoms with Gasteiger partial charge in [0.05, 0.1) is 10.0 Å². The first-order valence-corrected chi connectivity index (χ1v) is 8.18. The van der Waals surface area contributed by atoms with Crippen molar-refractivity contribution in [2.24, 2.45) is 5.73 Å². The summed E-state index contributed by atoms with van der Waals surface area (Å²) in [6, 6.07) is 7.34. The summed E-state index contributed by atoms with van der Waals surface area (Å²) in [6.07, 6.45) is 1.41. The molecule has 0 fully saturated rings. The fourth-order valence-electron chi connectivity index (χ4n) is 1.51. The zero-order chi connectivity index (χ0) is 15.6. The lowest BCUT2D eigenvalue weighted by molar-refractivity contribution is 0.601. The Balaban J connectivity index is 2.47. The minimum Gasteiger partial charge on any atom is -0.389 e. The first-order valence-electron chi connectivity index (χ1n) is 5.54. The minimum absolute atomic E-state index is 0.0101. The number of nitrogens with zero attached hydrogens (tertiary/aromatic N) is 1. The van der Waals surface area contributed by atoms with Crippen LogP contribution in [0.2, 0.25) is 10.0 Å². The fourth-order valence-corrected chi connectivity index (χ4v) is 3.41. The summed E-state index contributed by atoms with van der Waals surface area (Å²) in [5, 5.41) is 0.206. The highest BCUT2D eigenvalue weighted by atomic mass is 35.5. The highest BCUT2D eigenvalue weighted by Crippen LogP contribution is 2.26. The molecule has 0 aliphatic carbocycles. The second kappa shape index (κ2) is 6.15. The third kappa shape index (κ3) is 3.62. The molecule has 0 bridgehead atoms. The number of aromatic nitrogens is 1. The van der Waals surface area contributed by atoms with Gasteiger partial charge in [-0.1, -0.05) is 41.5 Å². The third-order valence-corrected chi connectivity index (χ3v) is 4.86. The molecule has 0 saturated heterocycles. The van der Waals surface area contributed by atoms with E-state index in [9.17, 15) is 8.42 Å². The quantitative estimate of drug-likeness (QED) is 0.817. The highest BCUT2D eigenvalue weighted by molar-refractivity contribution is 7.92. The average Bonchev–Trinajstić information content (AvgIpc) is 2.41. The van der Waals surface area contributed by atoms with E-state index in [1.807, 2.05) is 0 Å². The number of hydrogen-bond acceptors (Lipinski definition) is 4. The molecular formula is C12H9Cl2N3O2S2. The number of thiocarbonyl (C=S) groups is 1. The molecule has 0 aliphatic heterocycles. The number of benzene rings is 1. The van der Waals surface area contributed by atoms with Crippen LogP contribution in [-0.2, 0) is 10.0 Å². The van der Waals surface area contributed by atoms with Gasteiger partial charge in [-0.15, -0.1) is 0 Å². The number of pyridine rings is 1. The predicted octanol–water partition coefficient (Wildman–Crippen LogP) is 2.82. The first-order chi connectivity index (χ1) is 9.81. The SMILES string of the molecule is NC(=S)c1ccc(Cl)c(S(=O)(=O)Nc2ncccc2Cl)c1. The average molecular weight is 362 g/mol. The largest absolute Gasteiger partial charge is 0.389 e. The number of sulfonamides is 1. The van der Waals surface area contributed by atoms with E-state index >= 15 is 0 Å². The van der Waals surface area contributed by atoms with E-state index in [1.165, 1.54) is 30.5 Å². The molecule has 5 nitrogen and oxygen atoms in total. The van der Waals surface area contributed by atoms with Gasteiger partial charge in [0.2, 0.25) is 0 Å². The standard InChI is InChI=1S/C12H9Cl2N3O2S2/c13-8-4-3-7(11(15)20)6-10(8)21(18,19)17-12-9(14)2-1-5-16-12/h1-6H,(H2,15,20)(H,16,17). The maximum atomic E-state index is 12.4. The molecule has 0 atom stereocenters. The summed E-state index contributed by atoms with van der Waals surface area (Å²) < 4.78 is 27.0. The Hall–Kier alpha value is -1.41. The molecule has 0 unspecified atom stereocenters. The van der Waals surface area contributed by atoms with Crippen LogP contribution in [0.3, 0.4) is 0 Å². The molecule has 0 radical (unpaired) electrons. The molecule has 2 aromatic rings. The van der Waals surface area contributed by atoms with Crippen molar-refractivity contribution in [2.45, 2.75) is 4.90 Å². The van der Waals surface area contributed by atoms with Crippen molar-refractivity contribution >= 4 is 56.2 Å². The van der Waals surface area contributed by atoms with Gasteiger partial charge in [0.1, 0.15) is 9.88 Å². The monoisotopic (exact) mass is 361 g/mol. The maximum absolute atomic E-state index is 12.4. The van der Waals surface area contributed by atoms with E-state index in [2.05, 4.69) is 9.71 Å². The van der Waals surface area contributed by atoms with Gasteiger partial charge in [0, 0.05) is 11.8 Å². The van der Waals surface area contributed by atoms with Crippen molar-refractivity contribution in [3.8, 4) is 0 Å². The van der Waals surface area contributed by atoms with E-state index in [4.69, 9.17) is 41.2 Å². The van der Waals surface area contributed by atoms with Gasteiger partial charge in [-0.3, -0.25) is 4.72 Å². The number of rotatable bonds is 4. The highest BCUT2D eigenvalue weighted by Gasteiger charge is 2.20. The molecule has 9 heteroatoms. The van der Waals surface area contributed by atoms with Crippen LogP contribution >= 0.6 is 35.4 Å². The number of nitrogens with two attached hydrogens (primary N) is 1. The molecule has 3 N–H and O–H groups in total. The van der Waals surface area contributed by atoms with Crippen LogP contribution in [-0.4, -0.2) is 18.4 Å². The Morgan fingerprint density at radius 1 is 1.24 bits per heavy atom. The van der Waals surface area contributed by atoms with E-state index in [-0.39, 0.29) is 25.7 Å². The van der Waals surface area contributed by atoms with Gasteiger partial charge in [-0.25, -0.2) is 13.4 Å². The van der Waals surface area contributed by atoms with Crippen LogP contribution in [0.4, 0.5) is 5.82 Å². The molecular weight excluding hydrogens is 353 g/mol. The van der Waals surface area contributed by atoms with Crippen LogP contribution in [0.15, 0.2) is 41.4 Å². The third-order valence-electron chi connectivity index (χ3n) is 2.49.